The Morgan fingerprint density at radius 1 is 0.489 bits per heavy atom. The van der Waals surface area contributed by atoms with Crippen molar-refractivity contribution in [3.8, 4) is 0 Å². The lowest BCUT2D eigenvalue weighted by molar-refractivity contribution is 0.585. The van der Waals surface area contributed by atoms with E-state index in [0.29, 0.717) is 0 Å². The van der Waals surface area contributed by atoms with Crippen molar-refractivity contribution in [1.82, 2.24) is 50.1 Å². The molecule has 6 heterocycles. The average molecular weight is 671 g/mol. The van der Waals surface area contributed by atoms with E-state index in [1.807, 2.05) is 0 Å². The number of hydrogen-bond acceptors (Lipinski definition) is 16. The molecule has 19 heteroatoms. The van der Waals surface area contributed by atoms with Crippen molar-refractivity contribution in [2.24, 2.45) is 0 Å². The van der Waals surface area contributed by atoms with Gasteiger partial charge < -0.3 is 0 Å². The molecule has 0 N–H and O–H groups in total. The number of aromatic nitrogens is 10. The summed E-state index contributed by atoms with van der Waals surface area (Å²) in [6, 6.07) is 7.81. The van der Waals surface area contributed by atoms with Gasteiger partial charge in [-0.1, -0.05) is 12.1 Å². The van der Waals surface area contributed by atoms with Crippen LogP contribution < -0.4 is 0 Å². The Labute approximate surface area is 265 Å². The Bertz CT molecular complexity index is 2000. The van der Waals surface area contributed by atoms with Gasteiger partial charge in [-0.2, -0.15) is 5.10 Å². The van der Waals surface area contributed by atoms with Gasteiger partial charge in [0.05, 0.1) is 19.2 Å². The highest BCUT2D eigenvalue weighted by Crippen LogP contribution is 2.16. The molecular weight excluding hydrogens is 645 g/mol. The highest BCUT2D eigenvalue weighted by molar-refractivity contribution is 7.91. The van der Waals surface area contributed by atoms with Crippen LogP contribution in [0.3, 0.4) is 0 Å². The smallest absolute Gasteiger partial charge is 0.244 e. The van der Waals surface area contributed by atoms with Gasteiger partial charge in [0.2, 0.25) is 29.5 Å². The van der Waals surface area contributed by atoms with Gasteiger partial charge in [-0.25, -0.2) is 55.2 Å². The third-order valence-electron chi connectivity index (χ3n) is 4.87. The Hall–Kier alpha value is -5.53. The van der Waals surface area contributed by atoms with Crippen LogP contribution in [-0.4, -0.2) is 75.3 Å². The first-order valence-electron chi connectivity index (χ1n) is 14.8. The van der Waals surface area contributed by atoms with Crippen molar-refractivity contribution >= 4 is 29.5 Å². The van der Waals surface area contributed by atoms with Crippen LogP contribution >= 0.6 is 0 Å². The summed E-state index contributed by atoms with van der Waals surface area (Å²) >= 11 is 0. The molecule has 0 bridgehead atoms. The maximum absolute atomic E-state index is 12.0. The fourth-order valence-corrected chi connectivity index (χ4v) is 5.93. The van der Waals surface area contributed by atoms with Gasteiger partial charge >= 0.3 is 0 Å². The molecule has 0 unspecified atom stereocenters. The van der Waals surface area contributed by atoms with Gasteiger partial charge in [0.25, 0.3) is 0 Å². The van der Waals surface area contributed by atoms with E-state index in [2.05, 4.69) is 50.1 Å². The fourth-order valence-electron chi connectivity index (χ4n) is 2.83. The van der Waals surface area contributed by atoms with E-state index in [4.69, 9.17) is 8.22 Å². The molecule has 0 aromatic carbocycles. The second-order valence-electron chi connectivity index (χ2n) is 7.69. The Morgan fingerprint density at radius 2 is 0.978 bits per heavy atom. The summed E-state index contributed by atoms with van der Waals surface area (Å²) in [4.78, 5) is 28.5. The first kappa shape index (κ1) is 24.9. The molecule has 0 amide bonds. The summed E-state index contributed by atoms with van der Waals surface area (Å²) in [7, 11) is -11.5. The average Bonchev–Trinajstić information content (AvgIpc) is 3.10. The van der Waals surface area contributed by atoms with E-state index in [0.717, 1.165) is 49.6 Å². The van der Waals surface area contributed by atoms with Crippen LogP contribution in [0.2, 0.25) is 0 Å². The van der Waals surface area contributed by atoms with Crippen LogP contribution in [0.5, 0.6) is 0 Å². The minimum atomic E-state index is -3.89. The van der Waals surface area contributed by atoms with Crippen molar-refractivity contribution in [3.63, 3.8) is 0 Å². The van der Waals surface area contributed by atoms with Crippen molar-refractivity contribution in [3.05, 3.63) is 123 Å². The first-order chi connectivity index (χ1) is 24.0. The third-order valence-corrected chi connectivity index (χ3v) is 9.57. The van der Waals surface area contributed by atoms with Gasteiger partial charge in [0.1, 0.15) is 12.6 Å². The van der Waals surface area contributed by atoms with Gasteiger partial charge in [-0.05, 0) is 36.4 Å². The molecule has 0 aliphatic rings. The van der Waals surface area contributed by atoms with E-state index in [1.54, 1.807) is 0 Å². The second kappa shape index (κ2) is 14.8. The molecule has 0 fully saturated rings. The molecule has 6 aromatic heterocycles. The number of sulfone groups is 3. The Balaban J connectivity index is 0.000000172. The highest BCUT2D eigenvalue weighted by Gasteiger charge is 2.21. The molecule has 228 valence electrons. The largest absolute Gasteiger partial charge is 0.260 e. The molecule has 0 saturated heterocycles. The van der Waals surface area contributed by atoms with Crippen LogP contribution in [0.1, 0.15) is 8.22 Å². The fraction of sp³-hybridized carbons (Fsp3) is 0. The van der Waals surface area contributed by atoms with Gasteiger partial charge in [-0.15, -0.1) is 5.10 Å². The SMILES string of the molecule is [2H]c1ccc(S(=O)(=O)c2ccc([2H])nn2)nc1.[2H]c1ccc(S(=O)(=O)c2cnc([2H])nc2)nc1.[2H]c1cnc(S(=O)(=O)c2cnc([2H])cn2)cn1. The van der Waals surface area contributed by atoms with Crippen LogP contribution in [0.25, 0.3) is 0 Å². The van der Waals surface area contributed by atoms with Crippen molar-refractivity contribution in [2.45, 2.75) is 30.0 Å². The molecule has 6 rings (SSSR count). The standard InChI is InChI=1S/2C9H7N3O2S.C8H6N4O2S/c13-15(14,8-4-1-2-6-10-8)9-5-3-7-11-12-9;13-15(14,8-5-10-7-11-6-8)9-3-1-2-4-12-9;13-15(14,7-5-9-1-3-11-7)8-6-10-2-4-12-8/h2*1-7H;1-6H/i2*2D,7D;1D,2D. The third kappa shape index (κ3) is 8.31. The first-order valence-corrected chi connectivity index (χ1v) is 16.2. The maximum Gasteiger partial charge on any atom is 0.244 e. The normalized spacial score (nSPS) is 13.1. The maximum atomic E-state index is 12.0. The molecule has 0 aliphatic heterocycles. The van der Waals surface area contributed by atoms with E-state index >= 15 is 0 Å². The molecule has 0 radical (unpaired) electrons. The van der Waals surface area contributed by atoms with Crippen molar-refractivity contribution in [2.75, 3.05) is 0 Å². The van der Waals surface area contributed by atoms with Gasteiger partial charge in [0.15, 0.2) is 25.1 Å². The summed E-state index contributed by atoms with van der Waals surface area (Å²) < 4.78 is 115. The Morgan fingerprint density at radius 3 is 1.42 bits per heavy atom. The molecule has 16 nitrogen and oxygen atoms in total. The zero-order chi connectivity index (χ0) is 37.4. The number of pyridine rings is 2. The monoisotopic (exact) mass is 670 g/mol. The topological polar surface area (TPSA) is 231 Å². The number of rotatable bonds is 6. The lowest BCUT2D eigenvalue weighted by Crippen LogP contribution is -2.06. The van der Waals surface area contributed by atoms with E-state index < -0.39 is 29.5 Å². The van der Waals surface area contributed by atoms with E-state index in [-0.39, 0.29) is 66.9 Å². The molecule has 0 saturated carbocycles. The molecule has 6 aromatic rings. The zero-order valence-corrected chi connectivity index (χ0v) is 24.7. The van der Waals surface area contributed by atoms with E-state index in [1.165, 1.54) is 36.4 Å². The van der Waals surface area contributed by atoms with Crippen molar-refractivity contribution < 1.29 is 33.5 Å². The molecule has 0 atom stereocenters. The highest BCUT2D eigenvalue weighted by atomic mass is 32.2. The summed E-state index contributed by atoms with van der Waals surface area (Å²) in [6.07, 6.45) is 7.79. The summed E-state index contributed by atoms with van der Waals surface area (Å²) in [6.45, 7) is 0. The predicted octanol–water partition coefficient (Wildman–Crippen LogP) is 1.51. The minimum absolute atomic E-state index is 0.113. The van der Waals surface area contributed by atoms with Crippen LogP contribution in [0.15, 0.2) is 153 Å². The number of hydrogen-bond donors (Lipinski definition) is 0. The zero-order valence-electron chi connectivity index (χ0n) is 28.2. The summed E-state index contributed by atoms with van der Waals surface area (Å²) in [5, 5.41) is 5.56. The van der Waals surface area contributed by atoms with Crippen LogP contribution in [-0.2, 0) is 29.5 Å². The molecule has 0 aliphatic carbocycles. The van der Waals surface area contributed by atoms with Crippen LogP contribution in [0.4, 0.5) is 0 Å². The quantitative estimate of drug-likeness (QED) is 0.244. The summed E-state index contributed by atoms with van der Waals surface area (Å²) in [5.41, 5.74) is 0. The van der Waals surface area contributed by atoms with E-state index in [9.17, 15) is 25.3 Å². The predicted molar refractivity (Wildman–Crippen MR) is 153 cm³/mol. The number of nitrogens with zero attached hydrogens (tertiary/aromatic N) is 10. The molecular formula is C26H20N10O6S3. The summed E-state index contributed by atoms with van der Waals surface area (Å²) in [5.74, 6) is 0. The lowest BCUT2D eigenvalue weighted by atomic mass is 10.5. The second-order valence-corrected chi connectivity index (χ2v) is 13.3. The molecule has 45 heavy (non-hydrogen) atoms. The van der Waals surface area contributed by atoms with Gasteiger partial charge in [-0.3, -0.25) is 9.97 Å². The van der Waals surface area contributed by atoms with Crippen LogP contribution in [0, 0.1) is 0 Å². The molecule has 0 spiro atoms. The van der Waals surface area contributed by atoms with Gasteiger partial charge in [0, 0.05) is 55.7 Å². The minimum Gasteiger partial charge on any atom is -0.260 e. The Kier molecular flexibility index (Phi) is 8.16. The van der Waals surface area contributed by atoms with Crippen molar-refractivity contribution in [1.29, 1.82) is 0 Å². The lowest BCUT2D eigenvalue weighted by Gasteiger charge is -2.00.